The Morgan fingerprint density at radius 2 is 2.00 bits per heavy atom. The number of thioether (sulfide) groups is 1. The lowest BCUT2D eigenvalue weighted by Crippen LogP contribution is -2.51. The van der Waals surface area contributed by atoms with E-state index in [1.54, 1.807) is 5.70 Å². The summed E-state index contributed by atoms with van der Waals surface area (Å²) in [5.74, 6) is 1.79. The predicted molar refractivity (Wildman–Crippen MR) is 97.7 cm³/mol. The molecule has 120 valence electrons. The molecule has 0 unspecified atom stereocenters. The van der Waals surface area contributed by atoms with Crippen molar-refractivity contribution in [2.45, 2.75) is 30.6 Å². The van der Waals surface area contributed by atoms with Crippen LogP contribution in [0.3, 0.4) is 0 Å². The zero-order valence-electron chi connectivity index (χ0n) is 13.6. The van der Waals surface area contributed by atoms with Crippen molar-refractivity contribution in [2.24, 2.45) is 11.8 Å². The minimum atomic E-state index is 0.841. The molecule has 4 aliphatic heterocycles. The Hall–Kier alpha value is -1.19. The van der Waals surface area contributed by atoms with Crippen molar-refractivity contribution in [3.63, 3.8) is 0 Å². The van der Waals surface area contributed by atoms with Gasteiger partial charge in [-0.1, -0.05) is 36.0 Å². The van der Waals surface area contributed by atoms with Crippen LogP contribution in [0.4, 0.5) is 5.69 Å². The molecule has 3 saturated heterocycles. The van der Waals surface area contributed by atoms with Crippen LogP contribution in [0, 0.1) is 11.8 Å². The normalized spacial score (nSPS) is 32.0. The highest BCUT2D eigenvalue weighted by Gasteiger charge is 2.37. The molecule has 1 atom stereocenters. The lowest BCUT2D eigenvalue weighted by atomic mass is 9.78. The van der Waals surface area contributed by atoms with Crippen molar-refractivity contribution < 1.29 is 0 Å². The van der Waals surface area contributed by atoms with E-state index in [1.807, 2.05) is 11.8 Å². The molecule has 2 bridgehead atoms. The molecule has 1 aliphatic carbocycles. The number of hydrogen-bond acceptors (Lipinski definition) is 3. The fourth-order valence-corrected chi connectivity index (χ4v) is 5.92. The van der Waals surface area contributed by atoms with Crippen molar-refractivity contribution in [1.29, 1.82) is 0 Å². The van der Waals surface area contributed by atoms with Crippen LogP contribution in [-0.4, -0.2) is 31.1 Å². The van der Waals surface area contributed by atoms with Crippen LogP contribution in [0.1, 0.15) is 25.7 Å². The summed E-state index contributed by atoms with van der Waals surface area (Å²) < 4.78 is 0. The molecule has 1 aromatic rings. The summed E-state index contributed by atoms with van der Waals surface area (Å²) >= 11 is 1.96. The largest absolute Gasteiger partial charge is 0.343 e. The number of hydrogen-bond donors (Lipinski definition) is 0. The molecule has 23 heavy (non-hydrogen) atoms. The van der Waals surface area contributed by atoms with Gasteiger partial charge in [-0.25, -0.2) is 0 Å². The van der Waals surface area contributed by atoms with Gasteiger partial charge in [-0.05, 0) is 62.7 Å². The van der Waals surface area contributed by atoms with E-state index < -0.39 is 0 Å². The molecular formula is C20H24N2S. The first-order valence-electron chi connectivity index (χ1n) is 9.05. The average molecular weight is 324 g/mol. The van der Waals surface area contributed by atoms with Gasteiger partial charge in [-0.2, -0.15) is 0 Å². The molecule has 0 spiro atoms. The van der Waals surface area contributed by atoms with Crippen molar-refractivity contribution in [3.05, 3.63) is 47.0 Å². The van der Waals surface area contributed by atoms with Crippen molar-refractivity contribution in [1.82, 2.24) is 4.90 Å². The van der Waals surface area contributed by atoms with E-state index in [2.05, 4.69) is 46.2 Å². The molecule has 1 aromatic carbocycles. The standard InChI is InChI=1S/C20H24N2S/c1-3-7-19-17(5-1)22(18-6-2-4-8-20(18)23-19)14-16-13-21-11-9-15(16)10-12-21/h1,3-5,7-8,15-16H,2,6,9-14H2/t16-/m0/s1. The second kappa shape index (κ2) is 5.71. The first-order valence-corrected chi connectivity index (χ1v) is 9.86. The highest BCUT2D eigenvalue weighted by Crippen LogP contribution is 2.47. The fraction of sp³-hybridized carbons (Fsp3) is 0.500. The summed E-state index contributed by atoms with van der Waals surface area (Å²) in [5.41, 5.74) is 3.02. The molecule has 0 saturated carbocycles. The number of benzene rings is 1. The molecule has 0 amide bonds. The minimum absolute atomic E-state index is 0.841. The number of allylic oxidation sites excluding steroid dienone is 3. The van der Waals surface area contributed by atoms with E-state index in [4.69, 9.17) is 0 Å². The topological polar surface area (TPSA) is 6.48 Å². The van der Waals surface area contributed by atoms with Crippen LogP contribution in [0.2, 0.25) is 0 Å². The Balaban J connectivity index is 1.49. The van der Waals surface area contributed by atoms with Gasteiger partial charge in [0.2, 0.25) is 0 Å². The van der Waals surface area contributed by atoms with Crippen LogP contribution < -0.4 is 4.90 Å². The summed E-state index contributed by atoms with van der Waals surface area (Å²) in [5, 5.41) is 0. The van der Waals surface area contributed by atoms with E-state index in [1.165, 1.54) is 67.4 Å². The minimum Gasteiger partial charge on any atom is -0.343 e. The lowest BCUT2D eigenvalue weighted by Gasteiger charge is -2.47. The van der Waals surface area contributed by atoms with Gasteiger partial charge in [0.15, 0.2) is 0 Å². The van der Waals surface area contributed by atoms with Crippen molar-refractivity contribution >= 4 is 17.4 Å². The van der Waals surface area contributed by atoms with E-state index in [0.717, 1.165) is 11.8 Å². The van der Waals surface area contributed by atoms with Gasteiger partial charge >= 0.3 is 0 Å². The van der Waals surface area contributed by atoms with Gasteiger partial charge in [0, 0.05) is 28.6 Å². The Bertz CT molecular complexity index is 670. The third-order valence-corrected chi connectivity index (χ3v) is 7.17. The zero-order chi connectivity index (χ0) is 15.2. The molecule has 2 nitrogen and oxygen atoms in total. The Labute approximate surface area is 143 Å². The van der Waals surface area contributed by atoms with Crippen molar-refractivity contribution in [2.75, 3.05) is 31.1 Å². The zero-order valence-corrected chi connectivity index (χ0v) is 14.4. The maximum atomic E-state index is 2.69. The van der Waals surface area contributed by atoms with E-state index in [9.17, 15) is 0 Å². The van der Waals surface area contributed by atoms with E-state index >= 15 is 0 Å². The van der Waals surface area contributed by atoms with E-state index in [-0.39, 0.29) is 0 Å². The van der Waals surface area contributed by atoms with Crippen molar-refractivity contribution in [3.8, 4) is 0 Å². The SMILES string of the molecule is C1=CC2=C(CC1)N(C[C@@H]1CN3CCC1CC3)c1ccccc1S2. The van der Waals surface area contributed by atoms with Gasteiger partial charge in [-0.15, -0.1) is 0 Å². The van der Waals surface area contributed by atoms with Crippen LogP contribution in [0.25, 0.3) is 0 Å². The second-order valence-corrected chi connectivity index (χ2v) is 8.41. The summed E-state index contributed by atoms with van der Waals surface area (Å²) in [4.78, 5) is 8.28. The Morgan fingerprint density at radius 3 is 2.83 bits per heavy atom. The van der Waals surface area contributed by atoms with E-state index in [0.29, 0.717) is 0 Å². The molecule has 3 heteroatoms. The number of para-hydroxylation sites is 1. The average Bonchev–Trinajstić information content (AvgIpc) is 2.62. The first-order chi connectivity index (χ1) is 11.4. The second-order valence-electron chi connectivity index (χ2n) is 7.33. The first kappa shape index (κ1) is 14.2. The van der Waals surface area contributed by atoms with Crippen LogP contribution in [0.5, 0.6) is 0 Å². The van der Waals surface area contributed by atoms with Crippen LogP contribution in [0.15, 0.2) is 51.9 Å². The molecule has 0 N–H and O–H groups in total. The number of fused-ring (bicyclic) bond motifs is 4. The number of anilines is 1. The maximum absolute atomic E-state index is 2.69. The number of piperidine rings is 3. The predicted octanol–water partition coefficient (Wildman–Crippen LogP) is 4.50. The van der Waals surface area contributed by atoms with Gasteiger partial charge in [0.1, 0.15) is 0 Å². The smallest absolute Gasteiger partial charge is 0.0550 e. The molecule has 4 heterocycles. The van der Waals surface area contributed by atoms with Crippen LogP contribution in [-0.2, 0) is 0 Å². The van der Waals surface area contributed by atoms with Gasteiger partial charge in [0.05, 0.1) is 5.69 Å². The number of nitrogens with zero attached hydrogens (tertiary/aromatic N) is 2. The third kappa shape index (κ3) is 2.45. The maximum Gasteiger partial charge on any atom is 0.0550 e. The molecule has 0 radical (unpaired) electrons. The number of rotatable bonds is 2. The molecule has 3 fully saturated rings. The third-order valence-electron chi connectivity index (χ3n) is 6.01. The summed E-state index contributed by atoms with van der Waals surface area (Å²) in [6.07, 6.45) is 9.92. The highest BCUT2D eigenvalue weighted by molar-refractivity contribution is 8.03. The summed E-state index contributed by atoms with van der Waals surface area (Å²) in [7, 11) is 0. The lowest BCUT2D eigenvalue weighted by molar-refractivity contribution is 0.0549. The monoisotopic (exact) mass is 324 g/mol. The highest BCUT2D eigenvalue weighted by atomic mass is 32.2. The summed E-state index contributed by atoms with van der Waals surface area (Å²) in [6, 6.07) is 8.99. The Morgan fingerprint density at radius 1 is 1.13 bits per heavy atom. The van der Waals surface area contributed by atoms with Gasteiger partial charge < -0.3 is 9.80 Å². The quantitative estimate of drug-likeness (QED) is 0.791. The molecular weight excluding hydrogens is 300 g/mol. The summed E-state index contributed by atoms with van der Waals surface area (Å²) in [6.45, 7) is 5.20. The molecule has 5 aliphatic rings. The Kier molecular flexibility index (Phi) is 3.52. The fourth-order valence-electron chi connectivity index (χ4n) is 4.76. The molecule has 6 rings (SSSR count). The molecule has 0 aromatic heterocycles. The van der Waals surface area contributed by atoms with Gasteiger partial charge in [0.25, 0.3) is 0 Å². The van der Waals surface area contributed by atoms with Crippen LogP contribution >= 0.6 is 11.8 Å². The van der Waals surface area contributed by atoms with Gasteiger partial charge in [-0.3, -0.25) is 0 Å².